The van der Waals surface area contributed by atoms with Crippen LogP contribution in [0, 0.1) is 6.92 Å². The Hall–Kier alpha value is -4.37. The average Bonchev–Trinajstić information content (AvgIpc) is 3.41. The van der Waals surface area contributed by atoms with Crippen LogP contribution in [0.5, 0.6) is 0 Å². The lowest BCUT2D eigenvalue weighted by atomic mass is 10.1. The second-order valence-electron chi connectivity index (χ2n) is 8.09. The molecule has 0 aliphatic rings. The van der Waals surface area contributed by atoms with Crippen molar-refractivity contribution in [2.45, 2.75) is 18.4 Å². The van der Waals surface area contributed by atoms with E-state index in [2.05, 4.69) is 10.6 Å². The van der Waals surface area contributed by atoms with Crippen LogP contribution >= 0.6 is 0 Å². The first-order valence-corrected chi connectivity index (χ1v) is 12.6. The summed E-state index contributed by atoms with van der Waals surface area (Å²) in [5.74, 6) is -0.184. The van der Waals surface area contributed by atoms with E-state index in [0.29, 0.717) is 28.3 Å². The summed E-state index contributed by atoms with van der Waals surface area (Å²) in [5.41, 5.74) is 2.33. The lowest BCUT2D eigenvalue weighted by molar-refractivity contribution is 0.0949. The minimum atomic E-state index is -3.75. The van der Waals surface area contributed by atoms with E-state index in [-0.39, 0.29) is 17.3 Å². The summed E-state index contributed by atoms with van der Waals surface area (Å²) in [6.45, 7) is 2.10. The van der Waals surface area contributed by atoms with Gasteiger partial charge in [-0.1, -0.05) is 29.8 Å². The van der Waals surface area contributed by atoms with Gasteiger partial charge in [0.25, 0.3) is 21.8 Å². The van der Waals surface area contributed by atoms with Crippen LogP contribution in [0.15, 0.2) is 101 Å². The zero-order valence-corrected chi connectivity index (χ0v) is 20.6. The van der Waals surface area contributed by atoms with Crippen molar-refractivity contribution >= 4 is 33.2 Å². The summed E-state index contributed by atoms with van der Waals surface area (Å²) in [5, 5.41) is 5.51. The Morgan fingerprint density at radius 3 is 2.22 bits per heavy atom. The monoisotopic (exact) mass is 503 g/mol. The highest BCUT2D eigenvalue weighted by molar-refractivity contribution is 7.92. The summed E-state index contributed by atoms with van der Waals surface area (Å²) < 4.78 is 32.3. The second-order valence-corrected chi connectivity index (χ2v) is 10.1. The molecule has 9 heteroatoms. The van der Waals surface area contributed by atoms with Crippen LogP contribution in [0.2, 0.25) is 0 Å². The molecule has 0 aliphatic heterocycles. The predicted molar refractivity (Wildman–Crippen MR) is 137 cm³/mol. The molecule has 0 atom stereocenters. The van der Waals surface area contributed by atoms with Gasteiger partial charge in [-0.25, -0.2) is 8.42 Å². The van der Waals surface area contributed by atoms with Crippen LogP contribution in [0.1, 0.15) is 32.0 Å². The van der Waals surface area contributed by atoms with E-state index in [1.165, 1.54) is 25.4 Å². The quantitative estimate of drug-likeness (QED) is 0.365. The van der Waals surface area contributed by atoms with Gasteiger partial charge in [0.15, 0.2) is 0 Å². The van der Waals surface area contributed by atoms with Gasteiger partial charge in [-0.05, 0) is 67.6 Å². The molecule has 0 unspecified atom stereocenters. The fourth-order valence-electron chi connectivity index (χ4n) is 3.49. The SMILES string of the molecule is Cc1ccc(S(=O)(=O)N(C)c2ccc(C(=O)Nc3ccccc3C(=O)NCc3ccco3)cc2)cc1. The molecule has 0 fully saturated rings. The highest BCUT2D eigenvalue weighted by Crippen LogP contribution is 2.23. The number of nitrogens with one attached hydrogen (secondary N) is 2. The molecular weight excluding hydrogens is 478 g/mol. The van der Waals surface area contributed by atoms with E-state index >= 15 is 0 Å². The van der Waals surface area contributed by atoms with Gasteiger partial charge >= 0.3 is 0 Å². The minimum absolute atomic E-state index is 0.180. The van der Waals surface area contributed by atoms with Crippen molar-refractivity contribution in [3.8, 4) is 0 Å². The second kappa shape index (κ2) is 10.5. The average molecular weight is 504 g/mol. The third kappa shape index (κ3) is 5.47. The van der Waals surface area contributed by atoms with Crippen molar-refractivity contribution in [1.82, 2.24) is 5.32 Å². The molecule has 0 saturated heterocycles. The van der Waals surface area contributed by atoms with Gasteiger partial charge < -0.3 is 15.1 Å². The standard InChI is InChI=1S/C27H25N3O5S/c1-19-9-15-23(16-10-19)36(33,34)30(2)21-13-11-20(12-14-21)26(31)29-25-8-4-3-7-24(25)27(32)28-18-22-6-5-17-35-22/h3-17H,18H2,1-2H3,(H,28,32)(H,29,31). The lowest BCUT2D eigenvalue weighted by Crippen LogP contribution is -2.26. The Morgan fingerprint density at radius 2 is 1.56 bits per heavy atom. The molecule has 2 amide bonds. The van der Waals surface area contributed by atoms with Crippen LogP contribution in [-0.2, 0) is 16.6 Å². The maximum absolute atomic E-state index is 12.9. The molecule has 4 aromatic rings. The van der Waals surface area contributed by atoms with Crippen molar-refractivity contribution in [3.05, 3.63) is 114 Å². The Labute approximate surface area is 209 Å². The molecule has 0 bridgehead atoms. The number of benzene rings is 3. The molecule has 36 heavy (non-hydrogen) atoms. The molecule has 0 radical (unpaired) electrons. The highest BCUT2D eigenvalue weighted by Gasteiger charge is 2.21. The Morgan fingerprint density at radius 1 is 0.861 bits per heavy atom. The summed E-state index contributed by atoms with van der Waals surface area (Å²) in [6.07, 6.45) is 1.52. The molecule has 2 N–H and O–H groups in total. The van der Waals surface area contributed by atoms with Gasteiger partial charge in [0, 0.05) is 12.6 Å². The number of nitrogens with zero attached hydrogens (tertiary/aromatic N) is 1. The number of para-hydroxylation sites is 1. The predicted octanol–water partition coefficient (Wildman–Crippen LogP) is 4.60. The maximum Gasteiger partial charge on any atom is 0.264 e. The highest BCUT2D eigenvalue weighted by atomic mass is 32.2. The topological polar surface area (TPSA) is 109 Å². The van der Waals surface area contributed by atoms with Crippen LogP contribution < -0.4 is 14.9 Å². The van der Waals surface area contributed by atoms with Crippen molar-refractivity contribution < 1.29 is 22.4 Å². The van der Waals surface area contributed by atoms with Gasteiger partial charge in [0.2, 0.25) is 0 Å². The van der Waals surface area contributed by atoms with Gasteiger partial charge in [-0.2, -0.15) is 0 Å². The number of hydrogen-bond donors (Lipinski definition) is 2. The number of amides is 2. The van der Waals surface area contributed by atoms with Crippen LogP contribution in [0.3, 0.4) is 0 Å². The number of hydrogen-bond acceptors (Lipinski definition) is 5. The first-order chi connectivity index (χ1) is 17.3. The van der Waals surface area contributed by atoms with Gasteiger partial charge in [-0.15, -0.1) is 0 Å². The number of furan rings is 1. The van der Waals surface area contributed by atoms with E-state index in [1.54, 1.807) is 72.8 Å². The van der Waals surface area contributed by atoms with Crippen LogP contribution in [0.4, 0.5) is 11.4 Å². The number of aryl methyl sites for hydroxylation is 1. The first-order valence-electron chi connectivity index (χ1n) is 11.1. The molecule has 4 rings (SSSR count). The Balaban J connectivity index is 1.46. The summed E-state index contributed by atoms with van der Waals surface area (Å²) >= 11 is 0. The number of carbonyl (C=O) groups excluding carboxylic acids is 2. The number of carbonyl (C=O) groups is 2. The molecule has 8 nitrogen and oxygen atoms in total. The Bertz CT molecular complexity index is 1460. The molecule has 0 spiro atoms. The summed E-state index contributed by atoms with van der Waals surface area (Å²) in [6, 6.07) is 22.9. The third-order valence-corrected chi connectivity index (χ3v) is 7.40. The largest absolute Gasteiger partial charge is 0.467 e. The van der Waals surface area contributed by atoms with Crippen molar-refractivity contribution in [2.75, 3.05) is 16.7 Å². The fraction of sp³-hybridized carbons (Fsp3) is 0.111. The molecule has 0 saturated carbocycles. The normalized spacial score (nSPS) is 11.1. The van der Waals surface area contributed by atoms with Crippen LogP contribution in [0.25, 0.3) is 0 Å². The van der Waals surface area contributed by atoms with Gasteiger partial charge in [-0.3, -0.25) is 13.9 Å². The molecule has 3 aromatic carbocycles. The number of sulfonamides is 1. The van der Waals surface area contributed by atoms with Crippen molar-refractivity contribution in [3.63, 3.8) is 0 Å². The Kier molecular flexibility index (Phi) is 7.21. The number of rotatable bonds is 8. The maximum atomic E-state index is 12.9. The molecule has 184 valence electrons. The summed E-state index contributed by atoms with van der Waals surface area (Å²) in [7, 11) is -2.29. The van der Waals surface area contributed by atoms with Gasteiger partial charge in [0.1, 0.15) is 5.76 Å². The fourth-order valence-corrected chi connectivity index (χ4v) is 4.69. The summed E-state index contributed by atoms with van der Waals surface area (Å²) in [4.78, 5) is 25.7. The molecule has 0 aliphatic carbocycles. The zero-order valence-electron chi connectivity index (χ0n) is 19.8. The zero-order chi connectivity index (χ0) is 25.7. The first kappa shape index (κ1) is 24.7. The molecular formula is C27H25N3O5S. The molecule has 1 heterocycles. The van der Waals surface area contributed by atoms with Gasteiger partial charge in [0.05, 0.1) is 34.6 Å². The van der Waals surface area contributed by atoms with Crippen molar-refractivity contribution in [1.29, 1.82) is 0 Å². The van der Waals surface area contributed by atoms with Crippen LogP contribution in [-0.4, -0.2) is 27.3 Å². The third-order valence-electron chi connectivity index (χ3n) is 5.60. The van der Waals surface area contributed by atoms with E-state index in [4.69, 9.17) is 4.42 Å². The van der Waals surface area contributed by atoms with E-state index in [0.717, 1.165) is 9.87 Å². The van der Waals surface area contributed by atoms with E-state index in [9.17, 15) is 18.0 Å². The van der Waals surface area contributed by atoms with E-state index < -0.39 is 15.9 Å². The number of anilines is 2. The molecule has 1 aromatic heterocycles. The smallest absolute Gasteiger partial charge is 0.264 e. The van der Waals surface area contributed by atoms with Crippen molar-refractivity contribution in [2.24, 2.45) is 0 Å². The lowest BCUT2D eigenvalue weighted by Gasteiger charge is -2.20. The minimum Gasteiger partial charge on any atom is -0.467 e. The van der Waals surface area contributed by atoms with E-state index in [1.807, 2.05) is 6.92 Å².